The Morgan fingerprint density at radius 3 is 0.783 bits per heavy atom. The fraction of sp³-hybridized carbons (Fsp3) is 0.143. The van der Waals surface area contributed by atoms with Crippen molar-refractivity contribution in [1.29, 1.82) is 0 Å². The van der Waals surface area contributed by atoms with Gasteiger partial charge in [0, 0.05) is 0 Å². The Balaban J connectivity index is 1.54. The number of hydrogen-bond acceptors (Lipinski definition) is 9. The molecule has 60 heavy (non-hydrogen) atoms. The van der Waals surface area contributed by atoms with Gasteiger partial charge in [-0.25, -0.2) is 0 Å². The minimum atomic E-state index is -5.38. The van der Waals surface area contributed by atoms with E-state index in [1.54, 1.807) is 0 Å². The van der Waals surface area contributed by atoms with Gasteiger partial charge in [0.15, 0.2) is 0 Å². The number of halogens is 6. The van der Waals surface area contributed by atoms with Crippen molar-refractivity contribution in [3.8, 4) is 34.5 Å². The predicted molar refractivity (Wildman–Crippen MR) is 268 cm³/mol. The molecule has 0 unspecified atom stereocenters. The number of hydrogen-bond donors (Lipinski definition) is 2. The molecule has 0 amide bonds. The second kappa shape index (κ2) is 20.2. The van der Waals surface area contributed by atoms with Crippen LogP contribution in [0.3, 0.4) is 0 Å². The van der Waals surface area contributed by atoms with Crippen LogP contribution < -0.4 is 36.9 Å². The van der Waals surface area contributed by atoms with Crippen LogP contribution in [-0.4, -0.2) is 0 Å². The molecule has 0 spiro atoms. The summed E-state index contributed by atoms with van der Waals surface area (Å²) in [6.45, 7) is 0. The van der Waals surface area contributed by atoms with Gasteiger partial charge in [-0.2, -0.15) is 0 Å². The number of rotatable bonds is 18. The van der Waals surface area contributed by atoms with E-state index < -0.39 is 15.2 Å². The summed E-state index contributed by atoms with van der Waals surface area (Å²) in [6, 6.07) is 45.8. The van der Waals surface area contributed by atoms with Crippen molar-refractivity contribution in [3.63, 3.8) is 0 Å². The summed E-state index contributed by atoms with van der Waals surface area (Å²) in [6.07, 6.45) is 0. The first-order valence-electron chi connectivity index (χ1n) is 18.3. The molecule has 1 heterocycles. The molecule has 0 saturated carbocycles. The average Bonchev–Trinajstić information content (AvgIpc) is 3.28. The summed E-state index contributed by atoms with van der Waals surface area (Å²) < 4.78 is 48.9. The zero-order valence-corrected chi connectivity index (χ0v) is 43.8. The summed E-state index contributed by atoms with van der Waals surface area (Å²) in [7, 11) is -10.5. The van der Waals surface area contributed by atoms with Gasteiger partial charge in [0.2, 0.25) is 0 Å². The summed E-state index contributed by atoms with van der Waals surface area (Å²) in [5.74, 6) is 2.48. The molecule has 6 aromatic rings. The molecule has 0 fully saturated rings. The van der Waals surface area contributed by atoms with Crippen molar-refractivity contribution in [2.45, 2.75) is 32.0 Å². The molecule has 2 N–H and O–H groups in total. The first kappa shape index (κ1) is 45.9. The molecule has 18 heteroatoms. The fourth-order valence-electron chi connectivity index (χ4n) is 5.82. The molecule has 0 radical (unpaired) electrons. The van der Waals surface area contributed by atoms with Crippen molar-refractivity contribution in [1.82, 2.24) is 9.72 Å². The van der Waals surface area contributed by atoms with E-state index in [4.69, 9.17) is 31.7 Å². The molecule has 6 aromatic carbocycles. The van der Waals surface area contributed by atoms with Crippen LogP contribution in [0.25, 0.3) is 0 Å². The Bertz CT molecular complexity index is 2140. The van der Waals surface area contributed by atoms with E-state index in [-0.39, 0.29) is 8.52 Å². The van der Waals surface area contributed by atoms with Gasteiger partial charge in [0.25, 0.3) is 0 Å². The zero-order chi connectivity index (χ0) is 42.1. The van der Waals surface area contributed by atoms with E-state index in [2.05, 4.69) is 105 Å². The van der Waals surface area contributed by atoms with E-state index in [1.165, 1.54) is 0 Å². The Hall–Kier alpha value is -2.12. The molecule has 314 valence electrons. The van der Waals surface area contributed by atoms with E-state index in [0.717, 1.165) is 33.4 Å². The molecule has 1 aliphatic heterocycles. The molecule has 0 aromatic heterocycles. The SMILES string of the molecule is BrCc1ccc(OP2(Oc3ccc(CBr)cc3)(Oc3ccc(CBr)cc3)N=PNP(Oc3ccc(CBr)cc3)(Oc3ccc(CBr)cc3)(Oc3ccc(CBr)cc3)N2)cc1. The number of nitrogens with one attached hydrogen (secondary N) is 2. The van der Waals surface area contributed by atoms with Crippen LogP contribution in [0.1, 0.15) is 33.4 Å². The molecule has 0 aliphatic carbocycles. The summed E-state index contributed by atoms with van der Waals surface area (Å²) in [5, 5.41) is 3.91. The standard InChI is InChI=1S/C42H38Br6N3O6P3/c43-25-31-1-13-37(14-2-31)52-59(53-38-15-3-32(26-44)4-16-38,54-39-17-5-33(27-45)6-18-39)49-58-50-60(51-59,55-40-19-7-34(28-46)8-20-40,56-41-21-9-35(29-47)10-22-41)57-42-23-11-36(30-48)12-24-42/h1-24,51H,25-30H2,(H,49,50). The number of benzene rings is 6. The maximum atomic E-state index is 7.29. The van der Waals surface area contributed by atoms with Crippen molar-refractivity contribution in [3.05, 3.63) is 179 Å². The Morgan fingerprint density at radius 2 is 0.567 bits per heavy atom. The van der Waals surface area contributed by atoms with Crippen LogP contribution >= 0.6 is 119 Å². The van der Waals surface area contributed by atoms with E-state index in [9.17, 15) is 0 Å². The Kier molecular flexibility index (Phi) is 15.4. The second-order valence-corrected chi connectivity index (χ2v) is 23.8. The molecule has 0 saturated heterocycles. The van der Waals surface area contributed by atoms with Gasteiger partial charge in [-0.1, -0.05) is 0 Å². The van der Waals surface area contributed by atoms with Gasteiger partial charge in [-0.3, -0.25) is 0 Å². The van der Waals surface area contributed by atoms with Crippen LogP contribution in [0.5, 0.6) is 34.5 Å². The third-order valence-corrected chi connectivity index (χ3v) is 22.0. The first-order chi connectivity index (χ1) is 29.1. The Labute approximate surface area is 402 Å². The van der Waals surface area contributed by atoms with Crippen LogP contribution in [0.15, 0.2) is 150 Å². The van der Waals surface area contributed by atoms with E-state index >= 15 is 0 Å². The maximum absolute atomic E-state index is 7.29. The number of nitrogens with zero attached hydrogens (tertiary/aromatic N) is 1. The molecule has 7 rings (SSSR count). The molecule has 1 aliphatic rings. The summed E-state index contributed by atoms with van der Waals surface area (Å²) >= 11 is 21.5. The third kappa shape index (κ3) is 11.0. The van der Waals surface area contributed by atoms with Gasteiger partial charge in [-0.15, -0.1) is 0 Å². The topological polar surface area (TPSA) is 91.8 Å². The molecular formula is C42H38Br6N3O6P3. The van der Waals surface area contributed by atoms with Gasteiger partial charge in [0.05, 0.1) is 0 Å². The minimum absolute atomic E-state index is 0.189. The quantitative estimate of drug-likeness (QED) is 0.0650. The summed E-state index contributed by atoms with van der Waals surface area (Å²) in [5.41, 5.74) is 6.25. The molecule has 9 nitrogen and oxygen atoms in total. The van der Waals surface area contributed by atoms with E-state index in [0.29, 0.717) is 66.5 Å². The van der Waals surface area contributed by atoms with Crippen LogP contribution in [0, 0.1) is 0 Å². The normalized spacial score (nSPS) is 17.4. The molecule has 0 bridgehead atoms. The Morgan fingerprint density at radius 1 is 0.350 bits per heavy atom. The van der Waals surface area contributed by atoms with Crippen LogP contribution in [-0.2, 0) is 32.0 Å². The van der Waals surface area contributed by atoms with Gasteiger partial charge in [0.1, 0.15) is 0 Å². The average molecular weight is 1250 g/mol. The first-order valence-corrected chi connectivity index (χ1v) is 29.8. The monoisotopic (exact) mass is 1250 g/mol. The molecule has 0 atom stereocenters. The summed E-state index contributed by atoms with van der Waals surface area (Å²) in [4.78, 5) is 7.13. The van der Waals surface area contributed by atoms with Crippen molar-refractivity contribution >= 4 is 119 Å². The van der Waals surface area contributed by atoms with Crippen LogP contribution in [0.2, 0.25) is 0 Å². The fourth-order valence-corrected chi connectivity index (χ4v) is 18.4. The zero-order valence-electron chi connectivity index (χ0n) is 31.6. The van der Waals surface area contributed by atoms with Crippen molar-refractivity contribution < 1.29 is 27.1 Å². The van der Waals surface area contributed by atoms with Gasteiger partial charge >= 0.3 is 406 Å². The van der Waals surface area contributed by atoms with Crippen molar-refractivity contribution in [2.75, 3.05) is 0 Å². The van der Waals surface area contributed by atoms with Crippen LogP contribution in [0.4, 0.5) is 0 Å². The van der Waals surface area contributed by atoms with Crippen molar-refractivity contribution in [2.24, 2.45) is 4.52 Å². The van der Waals surface area contributed by atoms with Gasteiger partial charge < -0.3 is 0 Å². The second-order valence-electron chi connectivity index (χ2n) is 13.3. The van der Waals surface area contributed by atoms with Gasteiger partial charge in [-0.05, 0) is 0 Å². The number of alkyl halides is 6. The third-order valence-electron chi connectivity index (χ3n) is 8.83. The molecular weight excluding hydrogens is 1210 g/mol. The predicted octanol–water partition coefficient (Wildman–Crippen LogP) is 16.3. The van der Waals surface area contributed by atoms with E-state index in [1.807, 2.05) is 146 Å².